The van der Waals surface area contributed by atoms with Crippen LogP contribution in [-0.4, -0.2) is 38.7 Å². The SMILES string of the molecule is CCc1sc(C(=O)OCC(=O)NCCOC)cc1C. The van der Waals surface area contributed by atoms with E-state index in [1.54, 1.807) is 13.2 Å². The van der Waals surface area contributed by atoms with Crippen LogP contribution in [0.2, 0.25) is 0 Å². The predicted octanol–water partition coefficient (Wildman–Crippen LogP) is 1.54. The number of carbonyl (C=O) groups is 2. The van der Waals surface area contributed by atoms with Crippen molar-refractivity contribution in [3.05, 3.63) is 21.4 Å². The van der Waals surface area contributed by atoms with Gasteiger partial charge < -0.3 is 14.8 Å². The van der Waals surface area contributed by atoms with Crippen LogP contribution in [-0.2, 0) is 20.7 Å². The van der Waals surface area contributed by atoms with Gasteiger partial charge in [-0.1, -0.05) is 6.92 Å². The second-order valence-corrected chi connectivity index (χ2v) is 5.13. The van der Waals surface area contributed by atoms with Gasteiger partial charge in [0.05, 0.1) is 6.61 Å². The van der Waals surface area contributed by atoms with E-state index in [-0.39, 0.29) is 12.5 Å². The number of hydrogen-bond donors (Lipinski definition) is 1. The Morgan fingerprint density at radius 2 is 2.16 bits per heavy atom. The fourth-order valence-corrected chi connectivity index (χ4v) is 2.52. The molecule has 1 aromatic rings. The lowest BCUT2D eigenvalue weighted by Gasteiger charge is -2.04. The summed E-state index contributed by atoms with van der Waals surface area (Å²) in [5.41, 5.74) is 1.09. The number of methoxy groups -OCH3 is 1. The minimum Gasteiger partial charge on any atom is -0.451 e. The molecular weight excluding hydrogens is 266 g/mol. The molecule has 0 fully saturated rings. The highest BCUT2D eigenvalue weighted by molar-refractivity contribution is 7.14. The van der Waals surface area contributed by atoms with Crippen LogP contribution in [0.1, 0.15) is 27.0 Å². The molecule has 0 aromatic carbocycles. The number of esters is 1. The zero-order valence-electron chi connectivity index (χ0n) is 11.4. The van der Waals surface area contributed by atoms with E-state index < -0.39 is 5.97 Å². The summed E-state index contributed by atoms with van der Waals surface area (Å²) >= 11 is 1.41. The van der Waals surface area contributed by atoms with Crippen molar-refractivity contribution in [1.29, 1.82) is 0 Å². The maximum absolute atomic E-state index is 11.7. The molecule has 106 valence electrons. The molecule has 1 aromatic heterocycles. The molecule has 1 amide bonds. The first-order chi connectivity index (χ1) is 9.08. The van der Waals surface area contributed by atoms with E-state index in [1.807, 2.05) is 13.8 Å². The van der Waals surface area contributed by atoms with E-state index in [4.69, 9.17) is 9.47 Å². The van der Waals surface area contributed by atoms with E-state index in [0.29, 0.717) is 18.0 Å². The molecule has 1 N–H and O–H groups in total. The van der Waals surface area contributed by atoms with Gasteiger partial charge in [0, 0.05) is 18.5 Å². The fourth-order valence-electron chi connectivity index (χ4n) is 1.52. The summed E-state index contributed by atoms with van der Waals surface area (Å²) in [4.78, 5) is 24.8. The van der Waals surface area contributed by atoms with E-state index in [0.717, 1.165) is 16.9 Å². The number of hydrogen-bond acceptors (Lipinski definition) is 5. The molecule has 6 heteroatoms. The van der Waals surface area contributed by atoms with E-state index in [1.165, 1.54) is 11.3 Å². The molecule has 0 saturated carbocycles. The standard InChI is InChI=1S/C13H19NO4S/c1-4-10-9(2)7-11(19-10)13(16)18-8-12(15)14-5-6-17-3/h7H,4-6,8H2,1-3H3,(H,14,15). The Bertz CT molecular complexity index is 442. The lowest BCUT2D eigenvalue weighted by atomic mass is 10.2. The van der Waals surface area contributed by atoms with Crippen LogP contribution < -0.4 is 5.32 Å². The smallest absolute Gasteiger partial charge is 0.348 e. The van der Waals surface area contributed by atoms with Crippen LogP contribution in [0.5, 0.6) is 0 Å². The second-order valence-electron chi connectivity index (χ2n) is 3.99. The highest BCUT2D eigenvalue weighted by Gasteiger charge is 2.14. The van der Waals surface area contributed by atoms with Crippen molar-refractivity contribution in [2.75, 3.05) is 26.9 Å². The minimum absolute atomic E-state index is 0.263. The Hall–Kier alpha value is -1.40. The average Bonchev–Trinajstić information content (AvgIpc) is 2.77. The predicted molar refractivity (Wildman–Crippen MR) is 73.6 cm³/mol. The second kappa shape index (κ2) is 7.91. The summed E-state index contributed by atoms with van der Waals surface area (Å²) in [6.45, 7) is 4.58. The monoisotopic (exact) mass is 285 g/mol. The van der Waals surface area contributed by atoms with Crippen LogP contribution in [0.25, 0.3) is 0 Å². The number of ether oxygens (including phenoxy) is 2. The van der Waals surface area contributed by atoms with Crippen molar-refractivity contribution >= 4 is 23.2 Å². The van der Waals surface area contributed by atoms with Crippen LogP contribution in [0.15, 0.2) is 6.07 Å². The Balaban J connectivity index is 2.40. The summed E-state index contributed by atoms with van der Waals surface area (Å²) in [6.07, 6.45) is 0.890. The van der Waals surface area contributed by atoms with Gasteiger partial charge in [0.1, 0.15) is 4.88 Å². The van der Waals surface area contributed by atoms with Crippen molar-refractivity contribution in [2.24, 2.45) is 0 Å². The van der Waals surface area contributed by atoms with Gasteiger partial charge in [-0.3, -0.25) is 4.79 Å². The third kappa shape index (κ3) is 5.00. The maximum Gasteiger partial charge on any atom is 0.348 e. The van der Waals surface area contributed by atoms with Crippen molar-refractivity contribution in [1.82, 2.24) is 5.32 Å². The normalized spacial score (nSPS) is 10.3. The minimum atomic E-state index is -0.449. The fraction of sp³-hybridized carbons (Fsp3) is 0.538. The van der Waals surface area contributed by atoms with Crippen molar-refractivity contribution in [2.45, 2.75) is 20.3 Å². The molecule has 0 aliphatic rings. The molecule has 0 spiro atoms. The molecule has 0 aliphatic heterocycles. The van der Waals surface area contributed by atoms with Gasteiger partial charge in [0.25, 0.3) is 5.91 Å². The molecule has 1 rings (SSSR count). The zero-order chi connectivity index (χ0) is 14.3. The first kappa shape index (κ1) is 15.7. The molecule has 0 saturated heterocycles. The number of rotatable bonds is 7. The molecule has 0 aliphatic carbocycles. The lowest BCUT2D eigenvalue weighted by molar-refractivity contribution is -0.124. The molecule has 0 unspecified atom stereocenters. The molecule has 0 atom stereocenters. The molecule has 0 radical (unpaired) electrons. The third-order valence-corrected chi connectivity index (χ3v) is 3.87. The Labute approximate surface area is 116 Å². The highest BCUT2D eigenvalue weighted by Crippen LogP contribution is 2.22. The Morgan fingerprint density at radius 1 is 1.42 bits per heavy atom. The number of thiophene rings is 1. The molecule has 19 heavy (non-hydrogen) atoms. The van der Waals surface area contributed by atoms with Gasteiger partial charge in [0.2, 0.25) is 0 Å². The number of nitrogens with one attached hydrogen (secondary N) is 1. The molecule has 5 nitrogen and oxygen atoms in total. The molecule has 1 heterocycles. The number of aryl methyl sites for hydroxylation is 2. The maximum atomic E-state index is 11.7. The largest absolute Gasteiger partial charge is 0.451 e. The van der Waals surface area contributed by atoms with Gasteiger partial charge in [0.15, 0.2) is 6.61 Å². The van der Waals surface area contributed by atoms with Crippen molar-refractivity contribution < 1.29 is 19.1 Å². The van der Waals surface area contributed by atoms with Gasteiger partial charge >= 0.3 is 5.97 Å². The number of amides is 1. The van der Waals surface area contributed by atoms with Crippen LogP contribution in [0.3, 0.4) is 0 Å². The first-order valence-corrected chi connectivity index (χ1v) is 6.92. The van der Waals surface area contributed by atoms with E-state index in [9.17, 15) is 9.59 Å². The van der Waals surface area contributed by atoms with Crippen LogP contribution in [0, 0.1) is 6.92 Å². The van der Waals surface area contributed by atoms with Crippen molar-refractivity contribution in [3.8, 4) is 0 Å². The first-order valence-electron chi connectivity index (χ1n) is 6.10. The van der Waals surface area contributed by atoms with Gasteiger partial charge in [-0.2, -0.15) is 0 Å². The van der Waals surface area contributed by atoms with Gasteiger partial charge in [-0.05, 0) is 25.0 Å². The van der Waals surface area contributed by atoms with Crippen LogP contribution >= 0.6 is 11.3 Å². The molecular formula is C13H19NO4S. The third-order valence-electron chi connectivity index (χ3n) is 2.51. The Morgan fingerprint density at radius 3 is 2.74 bits per heavy atom. The van der Waals surface area contributed by atoms with Gasteiger partial charge in [-0.25, -0.2) is 4.79 Å². The van der Waals surface area contributed by atoms with Gasteiger partial charge in [-0.15, -0.1) is 11.3 Å². The average molecular weight is 285 g/mol. The summed E-state index contributed by atoms with van der Waals surface area (Å²) in [6, 6.07) is 1.80. The zero-order valence-corrected chi connectivity index (χ0v) is 12.3. The highest BCUT2D eigenvalue weighted by atomic mass is 32.1. The lowest BCUT2D eigenvalue weighted by Crippen LogP contribution is -2.31. The van der Waals surface area contributed by atoms with E-state index >= 15 is 0 Å². The summed E-state index contributed by atoms with van der Waals surface area (Å²) in [5.74, 6) is -0.774. The van der Waals surface area contributed by atoms with E-state index in [2.05, 4.69) is 5.32 Å². The van der Waals surface area contributed by atoms with Crippen LogP contribution in [0.4, 0.5) is 0 Å². The quantitative estimate of drug-likeness (QED) is 0.609. The summed E-state index contributed by atoms with van der Waals surface area (Å²) < 4.78 is 9.75. The summed E-state index contributed by atoms with van der Waals surface area (Å²) in [5, 5.41) is 2.58. The number of carbonyl (C=O) groups excluding carboxylic acids is 2. The van der Waals surface area contributed by atoms with Crippen molar-refractivity contribution in [3.63, 3.8) is 0 Å². The topological polar surface area (TPSA) is 64.6 Å². The molecule has 0 bridgehead atoms. The summed E-state index contributed by atoms with van der Waals surface area (Å²) in [7, 11) is 1.55. The Kier molecular flexibility index (Phi) is 6.52.